The minimum absolute atomic E-state index is 0.0213. The number of hydrogen-bond acceptors (Lipinski definition) is 7. The minimum Gasteiger partial charge on any atom is -0.334 e. The fourth-order valence-electron chi connectivity index (χ4n) is 2.34. The van der Waals surface area contributed by atoms with Gasteiger partial charge in [0.2, 0.25) is 11.1 Å². The van der Waals surface area contributed by atoms with Gasteiger partial charge >= 0.3 is 6.18 Å². The molecular formula is C18H14ClF4N7OS. The molecule has 0 spiro atoms. The van der Waals surface area contributed by atoms with Crippen molar-refractivity contribution in [2.24, 2.45) is 5.10 Å². The van der Waals surface area contributed by atoms with Crippen LogP contribution < -0.4 is 16.6 Å². The Morgan fingerprint density at radius 1 is 1.25 bits per heavy atom. The monoisotopic (exact) mass is 487 g/mol. The molecule has 0 radical (unpaired) electrons. The first-order valence-electron chi connectivity index (χ1n) is 8.68. The normalized spacial score (nSPS) is 11.7. The Bertz CT molecular complexity index is 1150. The van der Waals surface area contributed by atoms with Crippen LogP contribution in [0.5, 0.6) is 0 Å². The summed E-state index contributed by atoms with van der Waals surface area (Å²) in [5.41, 5.74) is 1.62. The fourth-order valence-corrected chi connectivity index (χ4v) is 3.22. The number of aromatic nitrogens is 3. The number of thioether (sulfide) groups is 1. The second kappa shape index (κ2) is 9.87. The number of carbonyl (C=O) groups is 1. The lowest BCUT2D eigenvalue weighted by atomic mass is 10.2. The van der Waals surface area contributed by atoms with Crippen molar-refractivity contribution < 1.29 is 22.4 Å². The van der Waals surface area contributed by atoms with E-state index >= 15 is 0 Å². The van der Waals surface area contributed by atoms with Crippen molar-refractivity contribution in [3.63, 3.8) is 0 Å². The molecule has 3 rings (SSSR count). The molecule has 3 aromatic rings. The van der Waals surface area contributed by atoms with Crippen molar-refractivity contribution in [2.75, 3.05) is 22.3 Å². The van der Waals surface area contributed by atoms with Crippen molar-refractivity contribution in [1.82, 2.24) is 14.9 Å². The molecule has 1 heterocycles. The molecule has 0 bridgehead atoms. The first-order valence-corrected chi connectivity index (χ1v) is 10.0. The van der Waals surface area contributed by atoms with E-state index in [0.29, 0.717) is 0 Å². The molecule has 0 aliphatic carbocycles. The molecule has 1 aromatic heterocycles. The van der Waals surface area contributed by atoms with Gasteiger partial charge in [-0.2, -0.15) is 18.3 Å². The van der Waals surface area contributed by atoms with E-state index in [1.54, 1.807) is 12.1 Å². The number of benzene rings is 2. The van der Waals surface area contributed by atoms with E-state index in [4.69, 9.17) is 17.4 Å². The van der Waals surface area contributed by atoms with Crippen LogP contribution in [0.25, 0.3) is 0 Å². The topological polar surface area (TPSA) is 110 Å². The molecule has 0 fully saturated rings. The number of halogens is 5. The summed E-state index contributed by atoms with van der Waals surface area (Å²) < 4.78 is 53.3. The Balaban J connectivity index is 1.57. The standard InChI is InChI=1S/C18H14ClF4N7OS/c19-13-6-5-11(7-12(13)18(21,22)23)26-15(31)9-32-17-29-28-16(30(17)24)27-25-8-10-3-1-2-4-14(10)20/h1-8H,9,24H2,(H,26,31)(H,27,28)/b25-8+. The number of nitrogens with zero attached hydrogens (tertiary/aromatic N) is 4. The Morgan fingerprint density at radius 3 is 2.72 bits per heavy atom. The summed E-state index contributed by atoms with van der Waals surface area (Å²) in [6.45, 7) is 0. The molecule has 0 aliphatic heterocycles. The van der Waals surface area contributed by atoms with Gasteiger partial charge in [0.1, 0.15) is 5.82 Å². The average Bonchev–Trinajstić information content (AvgIpc) is 3.08. The van der Waals surface area contributed by atoms with Gasteiger partial charge in [-0.1, -0.05) is 41.6 Å². The molecule has 8 nitrogen and oxygen atoms in total. The van der Waals surface area contributed by atoms with Crippen LogP contribution in [0.2, 0.25) is 5.02 Å². The van der Waals surface area contributed by atoms with Crippen LogP contribution in [0.15, 0.2) is 52.7 Å². The average molecular weight is 488 g/mol. The zero-order valence-corrected chi connectivity index (χ0v) is 17.5. The smallest absolute Gasteiger partial charge is 0.334 e. The maximum absolute atomic E-state index is 13.6. The third-order valence-corrected chi connectivity index (χ3v) is 5.10. The number of carbonyl (C=O) groups excluding carboxylic acids is 1. The van der Waals surface area contributed by atoms with Crippen LogP contribution in [0, 0.1) is 5.82 Å². The molecule has 0 saturated heterocycles. The van der Waals surface area contributed by atoms with Crippen molar-refractivity contribution in [3.8, 4) is 0 Å². The van der Waals surface area contributed by atoms with E-state index in [2.05, 4.69) is 26.0 Å². The number of rotatable bonds is 7. The van der Waals surface area contributed by atoms with Crippen molar-refractivity contribution in [2.45, 2.75) is 11.3 Å². The molecule has 2 aromatic carbocycles. The lowest BCUT2D eigenvalue weighted by Crippen LogP contribution is -2.17. The number of nitrogen functional groups attached to an aromatic ring is 1. The highest BCUT2D eigenvalue weighted by Gasteiger charge is 2.33. The molecule has 0 aliphatic rings. The summed E-state index contributed by atoms with van der Waals surface area (Å²) in [6.07, 6.45) is -3.42. The summed E-state index contributed by atoms with van der Waals surface area (Å²) in [6, 6.07) is 9.02. The molecule has 0 unspecified atom stereocenters. The minimum atomic E-state index is -4.65. The first kappa shape index (κ1) is 23.3. The van der Waals surface area contributed by atoms with Crippen LogP contribution in [-0.4, -0.2) is 32.7 Å². The van der Waals surface area contributed by atoms with E-state index in [9.17, 15) is 22.4 Å². The second-order valence-electron chi connectivity index (χ2n) is 6.10. The molecule has 4 N–H and O–H groups in total. The Labute approximate surface area is 187 Å². The largest absolute Gasteiger partial charge is 0.417 e. The van der Waals surface area contributed by atoms with Gasteiger partial charge < -0.3 is 11.2 Å². The Hall–Kier alpha value is -3.32. The lowest BCUT2D eigenvalue weighted by Gasteiger charge is -2.11. The summed E-state index contributed by atoms with van der Waals surface area (Å²) in [5.74, 6) is 4.58. The van der Waals surface area contributed by atoms with E-state index in [0.717, 1.165) is 28.6 Å². The van der Waals surface area contributed by atoms with Gasteiger partial charge in [-0.3, -0.25) is 4.79 Å². The van der Waals surface area contributed by atoms with Crippen LogP contribution in [0.1, 0.15) is 11.1 Å². The van der Waals surface area contributed by atoms with Gasteiger partial charge in [-0.25, -0.2) is 14.5 Å². The Morgan fingerprint density at radius 2 is 2.00 bits per heavy atom. The number of amides is 1. The quantitative estimate of drug-likeness (QED) is 0.153. The van der Waals surface area contributed by atoms with Gasteiger partial charge in [0.15, 0.2) is 0 Å². The molecule has 14 heteroatoms. The predicted octanol–water partition coefficient (Wildman–Crippen LogP) is 3.98. The summed E-state index contributed by atoms with van der Waals surface area (Å²) in [5, 5.41) is 13.4. The molecule has 0 saturated carbocycles. The van der Waals surface area contributed by atoms with E-state index in [1.165, 1.54) is 24.4 Å². The number of alkyl halides is 3. The zero-order valence-electron chi connectivity index (χ0n) is 15.9. The third kappa shape index (κ3) is 5.88. The van der Waals surface area contributed by atoms with Crippen LogP contribution >= 0.6 is 23.4 Å². The number of hydrogen-bond donors (Lipinski definition) is 3. The van der Waals surface area contributed by atoms with Gasteiger partial charge in [-0.05, 0) is 24.3 Å². The number of anilines is 2. The first-order chi connectivity index (χ1) is 15.1. The van der Waals surface area contributed by atoms with Crippen molar-refractivity contribution >= 4 is 47.1 Å². The molecule has 32 heavy (non-hydrogen) atoms. The van der Waals surface area contributed by atoms with Crippen LogP contribution in [-0.2, 0) is 11.0 Å². The van der Waals surface area contributed by atoms with E-state index < -0.39 is 28.5 Å². The van der Waals surface area contributed by atoms with Gasteiger partial charge in [0, 0.05) is 11.3 Å². The van der Waals surface area contributed by atoms with Gasteiger partial charge in [-0.15, -0.1) is 10.2 Å². The van der Waals surface area contributed by atoms with Gasteiger partial charge in [0.25, 0.3) is 5.95 Å². The second-order valence-corrected chi connectivity index (χ2v) is 7.45. The lowest BCUT2D eigenvalue weighted by molar-refractivity contribution is -0.137. The molecule has 0 atom stereocenters. The fraction of sp³-hybridized carbons (Fsp3) is 0.111. The number of nitrogens with one attached hydrogen (secondary N) is 2. The molecule has 1 amide bonds. The van der Waals surface area contributed by atoms with E-state index in [1.807, 2.05) is 0 Å². The number of nitrogens with two attached hydrogens (primary N) is 1. The zero-order chi connectivity index (χ0) is 23.3. The maximum atomic E-state index is 13.6. The predicted molar refractivity (Wildman–Crippen MR) is 114 cm³/mol. The third-order valence-electron chi connectivity index (χ3n) is 3.83. The van der Waals surface area contributed by atoms with Crippen LogP contribution in [0.4, 0.5) is 29.2 Å². The number of hydrazone groups is 1. The van der Waals surface area contributed by atoms with E-state index in [-0.39, 0.29) is 28.1 Å². The highest BCUT2D eigenvalue weighted by Crippen LogP contribution is 2.36. The highest BCUT2D eigenvalue weighted by atomic mass is 35.5. The summed E-state index contributed by atoms with van der Waals surface area (Å²) in [7, 11) is 0. The van der Waals surface area contributed by atoms with Gasteiger partial charge in [0.05, 0.1) is 22.6 Å². The molecule has 168 valence electrons. The summed E-state index contributed by atoms with van der Waals surface area (Å²) in [4.78, 5) is 12.1. The summed E-state index contributed by atoms with van der Waals surface area (Å²) >= 11 is 6.45. The SMILES string of the molecule is Nn1c(N/N=C/c2ccccc2F)nnc1SCC(=O)Nc1ccc(Cl)c(C(F)(F)F)c1. The van der Waals surface area contributed by atoms with Crippen molar-refractivity contribution in [1.29, 1.82) is 0 Å². The van der Waals surface area contributed by atoms with Crippen LogP contribution in [0.3, 0.4) is 0 Å². The molecular weight excluding hydrogens is 474 g/mol. The Kier molecular flexibility index (Phi) is 7.20. The van der Waals surface area contributed by atoms with Crippen molar-refractivity contribution in [3.05, 3.63) is 64.4 Å². The maximum Gasteiger partial charge on any atom is 0.417 e. The highest BCUT2D eigenvalue weighted by molar-refractivity contribution is 7.99.